The second-order valence-corrected chi connectivity index (χ2v) is 2.51. The predicted molar refractivity (Wildman–Crippen MR) is 43.2 cm³/mol. The Balaban J connectivity index is 3.64. The zero-order valence-corrected chi connectivity index (χ0v) is 7.12. The third-order valence-corrected chi connectivity index (χ3v) is 1.45. The summed E-state index contributed by atoms with van der Waals surface area (Å²) in [4.78, 5) is 22.7. The molecule has 12 heavy (non-hydrogen) atoms. The molecule has 0 unspecified atom stereocenters. The van der Waals surface area contributed by atoms with Crippen LogP contribution in [0.25, 0.3) is 0 Å². The number of primary amides is 1. The van der Waals surface area contributed by atoms with Crippen molar-refractivity contribution < 1.29 is 14.7 Å². The van der Waals surface area contributed by atoms with Crippen LogP contribution in [0.1, 0.15) is 12.8 Å². The highest BCUT2D eigenvalue weighted by Gasteiger charge is 2.08. The number of nitrogens with zero attached hydrogens (tertiary/aromatic N) is 1. The van der Waals surface area contributed by atoms with E-state index in [0.29, 0.717) is 0 Å². The number of carbonyl (C=O) groups excluding carboxylic acids is 2. The van der Waals surface area contributed by atoms with Gasteiger partial charge in [-0.2, -0.15) is 0 Å². The smallest absolute Gasteiger partial charge is 0.222 e. The first-order valence-electron chi connectivity index (χ1n) is 3.71. The summed E-state index contributed by atoms with van der Waals surface area (Å²) in [7, 11) is 1.57. The summed E-state index contributed by atoms with van der Waals surface area (Å²) < 4.78 is 0. The van der Waals surface area contributed by atoms with Gasteiger partial charge in [0.05, 0.1) is 6.61 Å². The molecule has 2 amide bonds. The fourth-order valence-electron chi connectivity index (χ4n) is 0.696. The molecule has 0 saturated carbocycles. The fourth-order valence-corrected chi connectivity index (χ4v) is 0.696. The van der Waals surface area contributed by atoms with Gasteiger partial charge >= 0.3 is 0 Å². The minimum absolute atomic E-state index is 0.0641. The maximum absolute atomic E-state index is 11.0. The van der Waals surface area contributed by atoms with Gasteiger partial charge in [-0.1, -0.05) is 0 Å². The van der Waals surface area contributed by atoms with Gasteiger partial charge in [-0.05, 0) is 0 Å². The molecule has 0 bridgehead atoms. The van der Waals surface area contributed by atoms with E-state index >= 15 is 0 Å². The number of aliphatic hydroxyl groups is 1. The summed E-state index contributed by atoms with van der Waals surface area (Å²) in [5.41, 5.74) is 4.86. The van der Waals surface area contributed by atoms with Crippen molar-refractivity contribution in [1.29, 1.82) is 0 Å². The molecule has 0 aliphatic rings. The molecule has 0 rings (SSSR count). The van der Waals surface area contributed by atoms with Crippen LogP contribution in [0.15, 0.2) is 0 Å². The van der Waals surface area contributed by atoms with Crippen molar-refractivity contribution in [2.45, 2.75) is 12.8 Å². The van der Waals surface area contributed by atoms with Gasteiger partial charge < -0.3 is 15.7 Å². The first-order valence-corrected chi connectivity index (χ1v) is 3.71. The van der Waals surface area contributed by atoms with E-state index < -0.39 is 5.91 Å². The van der Waals surface area contributed by atoms with E-state index in [-0.39, 0.29) is 31.9 Å². The van der Waals surface area contributed by atoms with E-state index in [1.165, 1.54) is 4.90 Å². The molecule has 0 radical (unpaired) electrons. The average Bonchev–Trinajstić information content (AvgIpc) is 2.00. The van der Waals surface area contributed by atoms with Gasteiger partial charge in [0.25, 0.3) is 0 Å². The first kappa shape index (κ1) is 10.9. The van der Waals surface area contributed by atoms with Crippen LogP contribution in [0.5, 0.6) is 0 Å². The molecular weight excluding hydrogens is 160 g/mol. The van der Waals surface area contributed by atoms with Crippen LogP contribution in [-0.4, -0.2) is 42.0 Å². The second kappa shape index (κ2) is 5.54. The van der Waals surface area contributed by atoms with Crippen molar-refractivity contribution in [3.63, 3.8) is 0 Å². The molecular formula is C7H14N2O3. The molecule has 0 aromatic heterocycles. The van der Waals surface area contributed by atoms with Crippen LogP contribution in [0, 0.1) is 0 Å². The summed E-state index contributed by atoms with van der Waals surface area (Å²) in [6, 6.07) is 0. The predicted octanol–water partition coefficient (Wildman–Crippen LogP) is -1.30. The Morgan fingerprint density at radius 3 is 2.42 bits per heavy atom. The Labute approximate surface area is 71.1 Å². The van der Waals surface area contributed by atoms with Gasteiger partial charge in [0.15, 0.2) is 0 Å². The monoisotopic (exact) mass is 174 g/mol. The largest absolute Gasteiger partial charge is 0.395 e. The Morgan fingerprint density at radius 1 is 1.42 bits per heavy atom. The highest BCUT2D eigenvalue weighted by Crippen LogP contribution is 1.93. The zero-order chi connectivity index (χ0) is 9.56. The van der Waals surface area contributed by atoms with Crippen molar-refractivity contribution in [3.05, 3.63) is 0 Å². The average molecular weight is 174 g/mol. The lowest BCUT2D eigenvalue weighted by Crippen LogP contribution is -2.30. The van der Waals surface area contributed by atoms with Gasteiger partial charge in [0.1, 0.15) is 0 Å². The normalized spacial score (nSPS) is 9.50. The van der Waals surface area contributed by atoms with Gasteiger partial charge in [-0.25, -0.2) is 0 Å². The number of rotatable bonds is 5. The molecule has 0 aliphatic carbocycles. The minimum Gasteiger partial charge on any atom is -0.395 e. The molecule has 0 fully saturated rings. The van der Waals surface area contributed by atoms with E-state index in [9.17, 15) is 9.59 Å². The van der Waals surface area contributed by atoms with Gasteiger partial charge in [-0.15, -0.1) is 0 Å². The van der Waals surface area contributed by atoms with E-state index in [4.69, 9.17) is 10.8 Å². The van der Waals surface area contributed by atoms with Crippen molar-refractivity contribution in [3.8, 4) is 0 Å². The zero-order valence-electron chi connectivity index (χ0n) is 7.12. The Morgan fingerprint density at radius 2 is 2.00 bits per heavy atom. The van der Waals surface area contributed by atoms with E-state index in [1.54, 1.807) is 7.05 Å². The van der Waals surface area contributed by atoms with E-state index in [1.807, 2.05) is 0 Å². The molecule has 0 aliphatic heterocycles. The fraction of sp³-hybridized carbons (Fsp3) is 0.714. The Kier molecular flexibility index (Phi) is 5.03. The third-order valence-electron chi connectivity index (χ3n) is 1.45. The van der Waals surface area contributed by atoms with Crippen molar-refractivity contribution in [2.75, 3.05) is 20.2 Å². The number of hydrogen-bond donors (Lipinski definition) is 2. The summed E-state index contributed by atoms with van der Waals surface area (Å²) >= 11 is 0. The lowest BCUT2D eigenvalue weighted by atomic mass is 10.3. The van der Waals surface area contributed by atoms with E-state index in [2.05, 4.69) is 0 Å². The van der Waals surface area contributed by atoms with Crippen molar-refractivity contribution >= 4 is 11.8 Å². The minimum atomic E-state index is -0.485. The van der Waals surface area contributed by atoms with Crippen LogP contribution in [-0.2, 0) is 9.59 Å². The van der Waals surface area contributed by atoms with Crippen molar-refractivity contribution in [2.24, 2.45) is 5.73 Å². The lowest BCUT2D eigenvalue weighted by molar-refractivity contribution is -0.132. The molecule has 3 N–H and O–H groups in total. The number of aliphatic hydroxyl groups excluding tert-OH is 1. The molecule has 5 heteroatoms. The molecule has 0 spiro atoms. The SMILES string of the molecule is CN(CCO)C(=O)CCC(N)=O. The third kappa shape index (κ3) is 4.68. The first-order chi connectivity index (χ1) is 5.57. The number of amides is 2. The number of carbonyl (C=O) groups is 2. The molecule has 0 aromatic carbocycles. The molecule has 0 aromatic rings. The summed E-state index contributed by atoms with van der Waals surface area (Å²) in [5, 5.41) is 8.48. The lowest BCUT2D eigenvalue weighted by Gasteiger charge is -2.14. The molecule has 0 heterocycles. The maximum atomic E-state index is 11.0. The topological polar surface area (TPSA) is 83.6 Å². The van der Waals surface area contributed by atoms with Crippen molar-refractivity contribution in [1.82, 2.24) is 4.90 Å². The van der Waals surface area contributed by atoms with E-state index in [0.717, 1.165) is 0 Å². The Hall–Kier alpha value is -1.10. The Bertz CT molecular complexity index is 170. The quantitative estimate of drug-likeness (QED) is 0.543. The van der Waals surface area contributed by atoms with Crippen LogP contribution in [0.3, 0.4) is 0 Å². The summed E-state index contributed by atoms with van der Waals surface area (Å²) in [5.74, 6) is -0.663. The number of hydrogen-bond acceptors (Lipinski definition) is 3. The second-order valence-electron chi connectivity index (χ2n) is 2.51. The van der Waals surface area contributed by atoms with Crippen LogP contribution < -0.4 is 5.73 Å². The maximum Gasteiger partial charge on any atom is 0.222 e. The standard InChI is InChI=1S/C7H14N2O3/c1-9(4-5-10)7(12)3-2-6(8)11/h10H,2-5H2,1H3,(H2,8,11). The molecule has 70 valence electrons. The molecule has 0 saturated heterocycles. The number of nitrogens with two attached hydrogens (primary N) is 1. The van der Waals surface area contributed by atoms with Crippen LogP contribution in [0.2, 0.25) is 0 Å². The van der Waals surface area contributed by atoms with Crippen LogP contribution >= 0.6 is 0 Å². The number of likely N-dealkylation sites (N-methyl/N-ethyl adjacent to an activating group) is 1. The highest BCUT2D eigenvalue weighted by molar-refractivity contribution is 5.82. The molecule has 5 nitrogen and oxygen atoms in total. The summed E-state index contributed by atoms with van der Waals surface area (Å²) in [6.07, 6.45) is 0.181. The molecule has 0 atom stereocenters. The van der Waals surface area contributed by atoms with Gasteiger partial charge in [-0.3, -0.25) is 9.59 Å². The van der Waals surface area contributed by atoms with Crippen LogP contribution in [0.4, 0.5) is 0 Å². The van der Waals surface area contributed by atoms with Gasteiger partial charge in [0, 0.05) is 26.4 Å². The summed E-state index contributed by atoms with van der Waals surface area (Å²) in [6.45, 7) is 0.219. The van der Waals surface area contributed by atoms with Gasteiger partial charge in [0.2, 0.25) is 11.8 Å². The highest BCUT2D eigenvalue weighted by atomic mass is 16.3.